The Morgan fingerprint density at radius 2 is 2.25 bits per heavy atom. The molecule has 0 atom stereocenters. The molecule has 6 nitrogen and oxygen atoms in total. The maximum absolute atomic E-state index is 6.24. The van der Waals surface area contributed by atoms with Crippen molar-refractivity contribution in [3.05, 3.63) is 33.8 Å². The van der Waals surface area contributed by atoms with E-state index in [2.05, 4.69) is 15.6 Å². The number of aromatic amines is 1. The van der Waals surface area contributed by atoms with Crippen LogP contribution >= 0.6 is 23.8 Å². The number of halogens is 1. The van der Waals surface area contributed by atoms with Gasteiger partial charge in [0.1, 0.15) is 6.33 Å². The monoisotopic (exact) mass is 314 g/mol. The van der Waals surface area contributed by atoms with E-state index in [1.54, 1.807) is 24.2 Å². The summed E-state index contributed by atoms with van der Waals surface area (Å²) in [5.41, 5.74) is 3.96. The first-order valence-corrected chi connectivity index (χ1v) is 6.79. The van der Waals surface area contributed by atoms with Gasteiger partial charge < -0.3 is 14.9 Å². The molecule has 0 fully saturated rings. The van der Waals surface area contributed by atoms with E-state index in [1.165, 1.54) is 0 Å². The lowest BCUT2D eigenvalue weighted by atomic mass is 10.2. The van der Waals surface area contributed by atoms with E-state index >= 15 is 0 Å². The number of nitrogens with one attached hydrogen (secondary N) is 2. The minimum atomic E-state index is 0.482. The third-order valence-electron chi connectivity index (χ3n) is 2.62. The molecule has 1 heterocycles. The SMILES string of the molecule is CCOc1cc(Cl)c(CNn2cn[nH]c2=S)cc1OC. The van der Waals surface area contributed by atoms with Gasteiger partial charge in [-0.15, -0.1) is 0 Å². The van der Waals surface area contributed by atoms with Crippen molar-refractivity contribution in [3.8, 4) is 11.5 Å². The molecule has 2 aromatic rings. The topological polar surface area (TPSA) is 64.1 Å². The smallest absolute Gasteiger partial charge is 0.214 e. The number of aromatic nitrogens is 3. The summed E-state index contributed by atoms with van der Waals surface area (Å²) in [7, 11) is 1.59. The summed E-state index contributed by atoms with van der Waals surface area (Å²) in [4.78, 5) is 0. The normalized spacial score (nSPS) is 10.3. The van der Waals surface area contributed by atoms with E-state index in [0.717, 1.165) is 5.56 Å². The molecule has 0 unspecified atom stereocenters. The molecule has 20 heavy (non-hydrogen) atoms. The zero-order valence-corrected chi connectivity index (χ0v) is 12.7. The third-order valence-corrected chi connectivity index (χ3v) is 3.26. The number of rotatable bonds is 6. The average Bonchev–Trinajstić information content (AvgIpc) is 2.84. The van der Waals surface area contributed by atoms with Gasteiger partial charge in [0.05, 0.1) is 20.3 Å². The third kappa shape index (κ3) is 3.23. The highest BCUT2D eigenvalue weighted by Crippen LogP contribution is 2.33. The highest BCUT2D eigenvalue weighted by atomic mass is 35.5. The Hall–Kier alpha value is -1.73. The second-order valence-corrected chi connectivity index (χ2v) is 4.69. The van der Waals surface area contributed by atoms with Crippen LogP contribution in [0.5, 0.6) is 11.5 Å². The van der Waals surface area contributed by atoms with Crippen LogP contribution in [-0.2, 0) is 6.54 Å². The Labute approximate surface area is 126 Å². The zero-order chi connectivity index (χ0) is 14.5. The van der Waals surface area contributed by atoms with Crippen LogP contribution in [-0.4, -0.2) is 28.6 Å². The summed E-state index contributed by atoms with van der Waals surface area (Å²) < 4.78 is 12.9. The molecule has 0 spiro atoms. The van der Waals surface area contributed by atoms with Crippen LogP contribution < -0.4 is 14.9 Å². The van der Waals surface area contributed by atoms with Gasteiger partial charge >= 0.3 is 0 Å². The first-order valence-electron chi connectivity index (χ1n) is 6.00. The Kier molecular flexibility index (Phi) is 4.86. The van der Waals surface area contributed by atoms with Crippen LogP contribution in [0.25, 0.3) is 0 Å². The molecule has 0 saturated heterocycles. The number of H-pyrrole nitrogens is 1. The Morgan fingerprint density at radius 3 is 2.85 bits per heavy atom. The molecule has 2 N–H and O–H groups in total. The maximum Gasteiger partial charge on any atom is 0.214 e. The highest BCUT2D eigenvalue weighted by Gasteiger charge is 2.10. The van der Waals surface area contributed by atoms with Crippen molar-refractivity contribution in [3.63, 3.8) is 0 Å². The van der Waals surface area contributed by atoms with Crippen molar-refractivity contribution in [2.24, 2.45) is 0 Å². The molecule has 1 aromatic carbocycles. The van der Waals surface area contributed by atoms with E-state index in [4.69, 9.17) is 33.3 Å². The summed E-state index contributed by atoms with van der Waals surface area (Å²) in [6.45, 7) is 2.94. The summed E-state index contributed by atoms with van der Waals surface area (Å²) in [5.74, 6) is 1.27. The molecule has 0 aliphatic carbocycles. The van der Waals surface area contributed by atoms with Crippen molar-refractivity contribution in [2.75, 3.05) is 19.1 Å². The van der Waals surface area contributed by atoms with E-state index < -0.39 is 0 Å². The van der Waals surface area contributed by atoms with Crippen LogP contribution in [0.15, 0.2) is 18.5 Å². The van der Waals surface area contributed by atoms with Crippen molar-refractivity contribution in [2.45, 2.75) is 13.5 Å². The molecule has 0 amide bonds. The summed E-state index contributed by atoms with van der Waals surface area (Å²) >= 11 is 11.3. The van der Waals surface area contributed by atoms with Gasteiger partial charge in [0.15, 0.2) is 11.5 Å². The summed E-state index contributed by atoms with van der Waals surface area (Å²) in [5, 5.41) is 7.07. The van der Waals surface area contributed by atoms with Gasteiger partial charge in [-0.25, -0.2) is 4.68 Å². The van der Waals surface area contributed by atoms with E-state index in [-0.39, 0.29) is 0 Å². The number of benzene rings is 1. The summed E-state index contributed by atoms with van der Waals surface area (Å²) in [6.07, 6.45) is 1.56. The molecular weight excluding hydrogens is 300 g/mol. The van der Waals surface area contributed by atoms with Gasteiger partial charge in [0.2, 0.25) is 4.77 Å². The fourth-order valence-electron chi connectivity index (χ4n) is 1.67. The van der Waals surface area contributed by atoms with Crippen molar-refractivity contribution in [1.82, 2.24) is 14.9 Å². The second kappa shape index (κ2) is 6.62. The van der Waals surface area contributed by atoms with E-state index in [1.807, 2.05) is 13.0 Å². The fraction of sp³-hybridized carbons (Fsp3) is 0.333. The predicted octanol–water partition coefficient (Wildman–Crippen LogP) is 2.75. The Balaban J connectivity index is 2.19. The van der Waals surface area contributed by atoms with Gasteiger partial charge in [-0.2, -0.15) is 5.10 Å². The lowest BCUT2D eigenvalue weighted by molar-refractivity contribution is 0.310. The molecule has 1 aromatic heterocycles. The van der Waals surface area contributed by atoms with Crippen LogP contribution in [0.4, 0.5) is 0 Å². The number of hydrogen-bond donors (Lipinski definition) is 2. The molecule has 0 aliphatic heterocycles. The number of ether oxygens (including phenoxy) is 2. The zero-order valence-electron chi connectivity index (χ0n) is 11.1. The maximum atomic E-state index is 6.24. The van der Waals surface area contributed by atoms with E-state index in [9.17, 15) is 0 Å². The molecule has 8 heteroatoms. The minimum Gasteiger partial charge on any atom is -0.493 e. The molecular formula is C12H15ClN4O2S. The first-order chi connectivity index (χ1) is 9.65. The standard InChI is InChI=1S/C12H15ClN4O2S/c1-3-19-11-5-9(13)8(4-10(11)18-2)6-15-17-7-14-16-12(17)20/h4-5,7,15H,3,6H2,1-2H3,(H,16,20). The lowest BCUT2D eigenvalue weighted by Crippen LogP contribution is -2.13. The summed E-state index contributed by atoms with van der Waals surface area (Å²) in [6, 6.07) is 3.58. The van der Waals surface area contributed by atoms with Crippen LogP contribution in [0.1, 0.15) is 12.5 Å². The fourth-order valence-corrected chi connectivity index (χ4v) is 2.06. The van der Waals surface area contributed by atoms with Crippen molar-refractivity contribution >= 4 is 23.8 Å². The van der Waals surface area contributed by atoms with E-state index in [0.29, 0.717) is 34.4 Å². The van der Waals surface area contributed by atoms with Crippen molar-refractivity contribution < 1.29 is 9.47 Å². The van der Waals surface area contributed by atoms with Gasteiger partial charge in [-0.3, -0.25) is 5.10 Å². The van der Waals surface area contributed by atoms with Crippen LogP contribution in [0, 0.1) is 4.77 Å². The molecule has 0 radical (unpaired) electrons. The molecule has 0 aliphatic rings. The average molecular weight is 315 g/mol. The van der Waals surface area contributed by atoms with Gasteiger partial charge in [-0.1, -0.05) is 11.6 Å². The molecule has 0 saturated carbocycles. The Morgan fingerprint density at radius 1 is 1.45 bits per heavy atom. The van der Waals surface area contributed by atoms with Crippen LogP contribution in [0.3, 0.4) is 0 Å². The molecule has 2 rings (SSSR count). The number of hydrogen-bond acceptors (Lipinski definition) is 5. The highest BCUT2D eigenvalue weighted by molar-refractivity contribution is 7.71. The largest absolute Gasteiger partial charge is 0.493 e. The number of methoxy groups -OCH3 is 1. The predicted molar refractivity (Wildman–Crippen MR) is 79.6 cm³/mol. The number of nitrogens with zero attached hydrogens (tertiary/aromatic N) is 2. The lowest BCUT2D eigenvalue weighted by Gasteiger charge is -2.13. The van der Waals surface area contributed by atoms with Crippen molar-refractivity contribution in [1.29, 1.82) is 0 Å². The van der Waals surface area contributed by atoms with Gasteiger partial charge in [0.25, 0.3) is 0 Å². The first kappa shape index (κ1) is 14.7. The quantitative estimate of drug-likeness (QED) is 0.803. The van der Waals surface area contributed by atoms with Gasteiger partial charge in [-0.05, 0) is 30.8 Å². The Bertz CT molecular complexity index is 641. The van der Waals surface area contributed by atoms with Gasteiger partial charge in [0, 0.05) is 11.1 Å². The molecule has 0 bridgehead atoms. The second-order valence-electron chi connectivity index (χ2n) is 3.89. The minimum absolute atomic E-state index is 0.482. The molecule has 108 valence electrons. The van der Waals surface area contributed by atoms with Crippen LogP contribution in [0.2, 0.25) is 5.02 Å².